The van der Waals surface area contributed by atoms with Gasteiger partial charge in [0.25, 0.3) is 11.1 Å². The Morgan fingerprint density at radius 2 is 2.00 bits per heavy atom. The van der Waals surface area contributed by atoms with Crippen LogP contribution < -0.4 is 4.90 Å². The van der Waals surface area contributed by atoms with E-state index in [2.05, 4.69) is 41.1 Å². The van der Waals surface area contributed by atoms with Crippen molar-refractivity contribution < 1.29 is 13.6 Å². The molecule has 1 aliphatic heterocycles. The SMILES string of the molecule is CC(Sc1nnc(-c2ccco2)o1)C(=O)/C=C1\N(C)c2ccccc2C1(C)C. The van der Waals surface area contributed by atoms with E-state index < -0.39 is 0 Å². The molecule has 7 heteroatoms. The summed E-state index contributed by atoms with van der Waals surface area (Å²) >= 11 is 1.24. The summed E-state index contributed by atoms with van der Waals surface area (Å²) in [5, 5.41) is 7.96. The van der Waals surface area contributed by atoms with Gasteiger partial charge in [-0.05, 0) is 30.7 Å². The summed E-state index contributed by atoms with van der Waals surface area (Å²) in [6.07, 6.45) is 3.28. The molecule has 0 N–H and O–H groups in total. The molecule has 28 heavy (non-hydrogen) atoms. The number of allylic oxidation sites excluding steroid dienone is 2. The van der Waals surface area contributed by atoms with E-state index >= 15 is 0 Å². The molecule has 1 atom stereocenters. The summed E-state index contributed by atoms with van der Waals surface area (Å²) in [6, 6.07) is 11.7. The highest BCUT2D eigenvalue weighted by atomic mass is 32.2. The summed E-state index contributed by atoms with van der Waals surface area (Å²) in [4.78, 5) is 15.0. The number of carbonyl (C=O) groups excluding carboxylic acids is 1. The highest BCUT2D eigenvalue weighted by Gasteiger charge is 2.38. The number of carbonyl (C=O) groups is 1. The van der Waals surface area contributed by atoms with Gasteiger partial charge >= 0.3 is 0 Å². The van der Waals surface area contributed by atoms with Gasteiger partial charge in [0.05, 0.1) is 11.5 Å². The highest BCUT2D eigenvalue weighted by Crippen LogP contribution is 2.46. The molecule has 0 fully saturated rings. The maximum Gasteiger partial charge on any atom is 0.284 e. The van der Waals surface area contributed by atoms with Gasteiger partial charge < -0.3 is 13.7 Å². The first-order chi connectivity index (χ1) is 13.4. The number of hydrogen-bond donors (Lipinski definition) is 0. The number of para-hydroxylation sites is 1. The number of rotatable bonds is 5. The molecule has 144 valence electrons. The molecular weight excluding hydrogens is 374 g/mol. The van der Waals surface area contributed by atoms with Crippen LogP contribution in [0.25, 0.3) is 11.7 Å². The molecule has 6 nitrogen and oxygen atoms in total. The molecule has 0 spiro atoms. The third-order valence-corrected chi connectivity index (χ3v) is 5.99. The van der Waals surface area contributed by atoms with E-state index in [9.17, 15) is 4.79 Å². The van der Waals surface area contributed by atoms with Crippen LogP contribution >= 0.6 is 11.8 Å². The second-order valence-electron chi connectivity index (χ2n) is 7.24. The van der Waals surface area contributed by atoms with Crippen molar-refractivity contribution in [1.29, 1.82) is 0 Å². The number of aromatic nitrogens is 2. The zero-order chi connectivity index (χ0) is 19.9. The molecule has 4 rings (SSSR count). The van der Waals surface area contributed by atoms with E-state index in [4.69, 9.17) is 8.83 Å². The van der Waals surface area contributed by atoms with E-state index in [1.807, 2.05) is 26.1 Å². The number of hydrogen-bond acceptors (Lipinski definition) is 7. The first-order valence-electron chi connectivity index (χ1n) is 9.01. The number of benzene rings is 1. The van der Waals surface area contributed by atoms with E-state index in [1.54, 1.807) is 24.5 Å². The molecular formula is C21H21N3O3S. The molecule has 1 aromatic carbocycles. The Morgan fingerprint density at radius 1 is 1.21 bits per heavy atom. The average molecular weight is 395 g/mol. The molecule has 0 saturated heterocycles. The maximum absolute atomic E-state index is 12.9. The van der Waals surface area contributed by atoms with Crippen LogP contribution in [0.5, 0.6) is 0 Å². The molecule has 3 aromatic rings. The van der Waals surface area contributed by atoms with Gasteiger partial charge in [0.1, 0.15) is 0 Å². The van der Waals surface area contributed by atoms with Crippen molar-refractivity contribution in [1.82, 2.24) is 10.2 Å². The van der Waals surface area contributed by atoms with Crippen LogP contribution in [0.15, 0.2) is 68.5 Å². The van der Waals surface area contributed by atoms with Gasteiger partial charge in [-0.2, -0.15) is 0 Å². The fraction of sp³-hybridized carbons (Fsp3) is 0.286. The molecule has 1 unspecified atom stereocenters. The van der Waals surface area contributed by atoms with Crippen molar-refractivity contribution >= 4 is 23.2 Å². The van der Waals surface area contributed by atoms with Crippen LogP contribution in [0, 0.1) is 0 Å². The molecule has 0 bridgehead atoms. The number of nitrogens with zero attached hydrogens (tertiary/aromatic N) is 3. The number of fused-ring (bicyclic) bond motifs is 1. The van der Waals surface area contributed by atoms with Gasteiger partial charge in [-0.25, -0.2) is 0 Å². The Labute approximate surface area is 167 Å². The second kappa shape index (κ2) is 6.98. The lowest BCUT2D eigenvalue weighted by molar-refractivity contribution is -0.114. The van der Waals surface area contributed by atoms with Crippen molar-refractivity contribution in [2.75, 3.05) is 11.9 Å². The van der Waals surface area contributed by atoms with E-state index in [1.165, 1.54) is 17.3 Å². The molecule has 0 amide bonds. The second-order valence-corrected chi connectivity index (χ2v) is 8.54. The zero-order valence-electron chi connectivity index (χ0n) is 16.2. The predicted octanol–water partition coefficient (Wildman–Crippen LogP) is 4.69. The van der Waals surface area contributed by atoms with Gasteiger partial charge in [0.2, 0.25) is 0 Å². The number of likely N-dealkylation sites (N-methyl/N-ethyl adjacent to an activating group) is 1. The van der Waals surface area contributed by atoms with Crippen molar-refractivity contribution in [3.05, 3.63) is 60.0 Å². The van der Waals surface area contributed by atoms with Gasteiger partial charge in [-0.3, -0.25) is 4.79 Å². The normalized spacial score (nSPS) is 17.7. The first-order valence-corrected chi connectivity index (χ1v) is 9.89. The highest BCUT2D eigenvalue weighted by molar-refractivity contribution is 8.00. The largest absolute Gasteiger partial charge is 0.459 e. The summed E-state index contributed by atoms with van der Waals surface area (Å²) in [6.45, 7) is 6.12. The number of ketones is 1. The summed E-state index contributed by atoms with van der Waals surface area (Å²) in [5.41, 5.74) is 3.10. The van der Waals surface area contributed by atoms with E-state index in [-0.39, 0.29) is 16.4 Å². The van der Waals surface area contributed by atoms with E-state index in [0.29, 0.717) is 16.9 Å². The molecule has 3 heterocycles. The van der Waals surface area contributed by atoms with Gasteiger partial charge in [0, 0.05) is 29.9 Å². The number of anilines is 1. The minimum absolute atomic E-state index is 0.00507. The van der Waals surface area contributed by atoms with Crippen molar-refractivity contribution in [2.45, 2.75) is 36.7 Å². The molecule has 1 aliphatic rings. The van der Waals surface area contributed by atoms with Crippen molar-refractivity contribution in [3.8, 4) is 11.7 Å². The third kappa shape index (κ3) is 3.16. The van der Waals surface area contributed by atoms with Crippen molar-refractivity contribution in [2.24, 2.45) is 0 Å². The van der Waals surface area contributed by atoms with Crippen LogP contribution in [-0.2, 0) is 10.2 Å². The van der Waals surface area contributed by atoms with Gasteiger partial charge in [-0.1, -0.05) is 43.8 Å². The number of thioether (sulfide) groups is 1. The van der Waals surface area contributed by atoms with Crippen LogP contribution in [0.2, 0.25) is 0 Å². The molecule has 2 aromatic heterocycles. The van der Waals surface area contributed by atoms with Gasteiger partial charge in [-0.15, -0.1) is 10.2 Å². The standard InChI is InChI=1S/C21H21N3O3S/c1-13(28-20-23-22-19(27-20)17-10-7-11-26-17)16(25)12-18-21(2,3)14-8-5-6-9-15(14)24(18)4/h5-13H,1-4H3/b18-12-. The Balaban J connectivity index is 1.52. The third-order valence-electron chi connectivity index (χ3n) is 5.04. The monoisotopic (exact) mass is 395 g/mol. The van der Waals surface area contributed by atoms with Crippen LogP contribution in [0.3, 0.4) is 0 Å². The zero-order valence-corrected chi connectivity index (χ0v) is 17.0. The summed E-state index contributed by atoms with van der Waals surface area (Å²) < 4.78 is 10.8. The lowest BCUT2D eigenvalue weighted by Crippen LogP contribution is -2.25. The van der Waals surface area contributed by atoms with Crippen LogP contribution in [-0.4, -0.2) is 28.3 Å². The Hall–Kier alpha value is -2.80. The Morgan fingerprint density at radius 3 is 2.71 bits per heavy atom. The Kier molecular flexibility index (Phi) is 4.63. The fourth-order valence-electron chi connectivity index (χ4n) is 3.48. The lowest BCUT2D eigenvalue weighted by Gasteiger charge is -2.24. The first kappa shape index (κ1) is 18.6. The Bertz CT molecular complexity index is 1040. The molecule has 0 saturated carbocycles. The predicted molar refractivity (Wildman–Crippen MR) is 108 cm³/mol. The van der Waals surface area contributed by atoms with E-state index in [0.717, 1.165) is 11.4 Å². The van der Waals surface area contributed by atoms with Gasteiger partial charge in [0.15, 0.2) is 11.5 Å². The van der Waals surface area contributed by atoms with Crippen LogP contribution in [0.4, 0.5) is 5.69 Å². The average Bonchev–Trinajstić information content (AvgIpc) is 3.39. The topological polar surface area (TPSA) is 72.4 Å². The molecule has 0 radical (unpaired) electrons. The van der Waals surface area contributed by atoms with Crippen molar-refractivity contribution in [3.63, 3.8) is 0 Å². The molecule has 0 aliphatic carbocycles. The quantitative estimate of drug-likeness (QED) is 0.458. The summed E-state index contributed by atoms with van der Waals surface area (Å²) in [7, 11) is 2.00. The minimum atomic E-state index is -0.356. The number of furan rings is 1. The smallest absolute Gasteiger partial charge is 0.284 e. The lowest BCUT2D eigenvalue weighted by atomic mass is 9.83. The maximum atomic E-state index is 12.9. The van der Waals surface area contributed by atoms with Crippen LogP contribution in [0.1, 0.15) is 26.3 Å². The minimum Gasteiger partial charge on any atom is -0.459 e. The summed E-state index contributed by atoms with van der Waals surface area (Å²) in [5.74, 6) is 0.815. The fourth-order valence-corrected chi connectivity index (χ4v) is 4.18.